The Morgan fingerprint density at radius 3 is 2.56 bits per heavy atom. The monoisotopic (exact) mass is 257 g/mol. The lowest BCUT2D eigenvalue weighted by Crippen LogP contribution is -2.02. The number of carbonyl (C=O) groups is 1. The first-order valence-corrected chi connectivity index (χ1v) is 4.68. The van der Waals surface area contributed by atoms with Crippen molar-refractivity contribution in [2.24, 2.45) is 0 Å². The number of hydrogen-bond donors (Lipinski definition) is 0. The van der Waals surface area contributed by atoms with Gasteiger partial charge in [-0.05, 0) is 0 Å². The standard InChI is InChI=1S/C10H6F3N3O2/c1-18-10(17)8-4-16(15-14-8)9-3-6(12)5(11)2-7(9)13/h2-4H,1H3. The van der Waals surface area contributed by atoms with Crippen molar-refractivity contribution in [3.8, 4) is 5.69 Å². The molecule has 0 fully saturated rings. The Morgan fingerprint density at radius 2 is 1.89 bits per heavy atom. The molecule has 0 aliphatic rings. The molecular formula is C10H6F3N3O2. The summed E-state index contributed by atoms with van der Waals surface area (Å²) < 4.78 is 44.3. The lowest BCUT2D eigenvalue weighted by Gasteiger charge is -2.02. The second-order valence-electron chi connectivity index (χ2n) is 3.26. The molecule has 18 heavy (non-hydrogen) atoms. The molecule has 1 heterocycles. The Balaban J connectivity index is 2.46. The number of carbonyl (C=O) groups excluding carboxylic acids is 1. The molecule has 0 saturated heterocycles. The second-order valence-corrected chi connectivity index (χ2v) is 3.26. The minimum absolute atomic E-state index is 0.179. The Morgan fingerprint density at radius 1 is 1.22 bits per heavy atom. The lowest BCUT2D eigenvalue weighted by atomic mass is 10.3. The predicted molar refractivity (Wildman–Crippen MR) is 52.6 cm³/mol. The summed E-state index contributed by atoms with van der Waals surface area (Å²) in [6.07, 6.45) is 1.04. The van der Waals surface area contributed by atoms with Crippen LogP contribution in [0.5, 0.6) is 0 Å². The van der Waals surface area contributed by atoms with Gasteiger partial charge < -0.3 is 4.74 Å². The number of methoxy groups -OCH3 is 1. The topological polar surface area (TPSA) is 57.0 Å². The van der Waals surface area contributed by atoms with E-state index in [1.165, 1.54) is 0 Å². The molecule has 1 aromatic heterocycles. The molecule has 0 spiro atoms. The average Bonchev–Trinajstić information content (AvgIpc) is 2.82. The molecule has 94 valence electrons. The zero-order chi connectivity index (χ0) is 13.3. The minimum Gasteiger partial charge on any atom is -0.464 e. The quantitative estimate of drug-likeness (QED) is 0.604. The first-order chi connectivity index (χ1) is 8.52. The van der Waals surface area contributed by atoms with Crippen LogP contribution in [0.3, 0.4) is 0 Å². The smallest absolute Gasteiger partial charge is 0.360 e. The van der Waals surface area contributed by atoms with Gasteiger partial charge in [-0.1, -0.05) is 5.21 Å². The second kappa shape index (κ2) is 4.47. The maximum atomic E-state index is 13.4. The zero-order valence-corrected chi connectivity index (χ0v) is 9.02. The van der Waals surface area contributed by atoms with Crippen molar-refractivity contribution in [3.63, 3.8) is 0 Å². The summed E-state index contributed by atoms with van der Waals surface area (Å²) in [5.74, 6) is -4.36. The molecule has 0 amide bonds. The Labute approximate surface area is 98.8 Å². The fraction of sp³-hybridized carbons (Fsp3) is 0.100. The molecule has 0 N–H and O–H groups in total. The molecule has 0 radical (unpaired) electrons. The van der Waals surface area contributed by atoms with Crippen LogP contribution in [0.1, 0.15) is 10.5 Å². The third-order valence-electron chi connectivity index (χ3n) is 2.12. The summed E-state index contributed by atoms with van der Waals surface area (Å²) in [4.78, 5) is 11.1. The van der Waals surface area contributed by atoms with E-state index in [4.69, 9.17) is 0 Å². The third kappa shape index (κ3) is 2.04. The molecule has 1 aromatic carbocycles. The Hall–Kier alpha value is -2.38. The predicted octanol–water partition coefficient (Wildman–Crippen LogP) is 1.47. The van der Waals surface area contributed by atoms with Crippen molar-refractivity contribution in [2.75, 3.05) is 7.11 Å². The molecule has 2 aromatic rings. The van der Waals surface area contributed by atoms with Gasteiger partial charge >= 0.3 is 5.97 Å². The lowest BCUT2D eigenvalue weighted by molar-refractivity contribution is 0.0594. The number of halogens is 3. The maximum absolute atomic E-state index is 13.4. The van der Waals surface area contributed by atoms with Crippen LogP contribution in [0.4, 0.5) is 13.2 Å². The Kier molecular flexibility index (Phi) is 3.00. The molecule has 0 saturated carbocycles. The van der Waals surface area contributed by atoms with Crippen molar-refractivity contribution in [1.82, 2.24) is 15.0 Å². The molecule has 0 bridgehead atoms. The highest BCUT2D eigenvalue weighted by atomic mass is 19.2. The molecule has 0 unspecified atom stereocenters. The van der Waals surface area contributed by atoms with Gasteiger partial charge in [0.2, 0.25) is 0 Å². The van der Waals surface area contributed by atoms with Crippen molar-refractivity contribution in [2.45, 2.75) is 0 Å². The highest BCUT2D eigenvalue weighted by molar-refractivity contribution is 5.86. The van der Waals surface area contributed by atoms with Gasteiger partial charge in [0.1, 0.15) is 5.69 Å². The van der Waals surface area contributed by atoms with Crippen molar-refractivity contribution >= 4 is 5.97 Å². The van der Waals surface area contributed by atoms with E-state index in [-0.39, 0.29) is 11.4 Å². The largest absolute Gasteiger partial charge is 0.464 e. The first kappa shape index (κ1) is 12.1. The van der Waals surface area contributed by atoms with Crippen molar-refractivity contribution in [3.05, 3.63) is 41.5 Å². The molecule has 5 nitrogen and oxygen atoms in total. The van der Waals surface area contributed by atoms with E-state index in [1.807, 2.05) is 0 Å². The van der Waals surface area contributed by atoms with Gasteiger partial charge in [-0.2, -0.15) is 0 Å². The fourth-order valence-electron chi connectivity index (χ4n) is 1.27. The van der Waals surface area contributed by atoms with Gasteiger partial charge in [0.25, 0.3) is 0 Å². The van der Waals surface area contributed by atoms with E-state index in [0.29, 0.717) is 12.1 Å². The van der Waals surface area contributed by atoms with E-state index in [1.54, 1.807) is 0 Å². The number of rotatable bonds is 2. The summed E-state index contributed by atoms with van der Waals surface area (Å²) in [7, 11) is 1.14. The molecule has 8 heteroatoms. The Bertz CT molecular complexity index is 612. The van der Waals surface area contributed by atoms with Crippen molar-refractivity contribution < 1.29 is 22.7 Å². The van der Waals surface area contributed by atoms with Crippen LogP contribution in [-0.4, -0.2) is 28.1 Å². The molecule has 0 aliphatic heterocycles. The van der Waals surface area contributed by atoms with Gasteiger partial charge in [0.15, 0.2) is 23.1 Å². The number of aromatic nitrogens is 3. The number of nitrogens with zero attached hydrogens (tertiary/aromatic N) is 3. The summed E-state index contributed by atoms with van der Waals surface area (Å²) in [5, 5.41) is 6.84. The third-order valence-corrected chi connectivity index (χ3v) is 2.12. The van der Waals surface area contributed by atoms with Crippen molar-refractivity contribution in [1.29, 1.82) is 0 Å². The number of benzene rings is 1. The van der Waals surface area contributed by atoms with E-state index in [9.17, 15) is 18.0 Å². The summed E-state index contributed by atoms with van der Waals surface area (Å²) in [6, 6.07) is 0.991. The van der Waals surface area contributed by atoms with Crippen LogP contribution in [0.15, 0.2) is 18.3 Å². The number of esters is 1. The minimum atomic E-state index is -1.32. The van der Waals surface area contributed by atoms with E-state index in [0.717, 1.165) is 18.0 Å². The normalized spacial score (nSPS) is 10.4. The summed E-state index contributed by atoms with van der Waals surface area (Å²) >= 11 is 0. The molecule has 2 rings (SSSR count). The van der Waals surface area contributed by atoms with Crippen LogP contribution in [0, 0.1) is 17.5 Å². The highest BCUT2D eigenvalue weighted by Gasteiger charge is 2.16. The van der Waals surface area contributed by atoms with E-state index < -0.39 is 23.4 Å². The molecule has 0 aliphatic carbocycles. The first-order valence-electron chi connectivity index (χ1n) is 4.68. The van der Waals surface area contributed by atoms with Crippen LogP contribution >= 0.6 is 0 Å². The van der Waals surface area contributed by atoms with E-state index in [2.05, 4.69) is 15.0 Å². The molecule has 0 atom stereocenters. The maximum Gasteiger partial charge on any atom is 0.360 e. The SMILES string of the molecule is COC(=O)c1cn(-c2cc(F)c(F)cc2F)nn1. The van der Waals surface area contributed by atoms with Crippen LogP contribution in [-0.2, 0) is 4.74 Å². The summed E-state index contributed by atoms with van der Waals surface area (Å²) in [6.45, 7) is 0. The van der Waals surface area contributed by atoms with Gasteiger partial charge in [0.05, 0.1) is 13.3 Å². The van der Waals surface area contributed by atoms with Crippen LogP contribution in [0.25, 0.3) is 5.69 Å². The van der Waals surface area contributed by atoms with Gasteiger partial charge in [-0.15, -0.1) is 5.10 Å². The van der Waals surface area contributed by atoms with Crippen LogP contribution in [0.2, 0.25) is 0 Å². The van der Waals surface area contributed by atoms with Gasteiger partial charge in [0, 0.05) is 12.1 Å². The molecular weight excluding hydrogens is 251 g/mol. The average molecular weight is 257 g/mol. The van der Waals surface area contributed by atoms with Gasteiger partial charge in [-0.25, -0.2) is 22.6 Å². The number of hydrogen-bond acceptors (Lipinski definition) is 4. The summed E-state index contributed by atoms with van der Waals surface area (Å²) in [5.41, 5.74) is -0.543. The fourth-order valence-corrected chi connectivity index (χ4v) is 1.27. The van der Waals surface area contributed by atoms with Crippen LogP contribution < -0.4 is 0 Å². The number of ether oxygens (including phenoxy) is 1. The van der Waals surface area contributed by atoms with E-state index >= 15 is 0 Å². The highest BCUT2D eigenvalue weighted by Crippen LogP contribution is 2.17. The van der Waals surface area contributed by atoms with Gasteiger partial charge in [-0.3, -0.25) is 0 Å². The zero-order valence-electron chi connectivity index (χ0n) is 9.02.